The number of carbonyl (C=O) groups is 2. The van der Waals surface area contributed by atoms with Crippen molar-refractivity contribution >= 4 is 23.3 Å². The van der Waals surface area contributed by atoms with Crippen LogP contribution < -0.4 is 10.2 Å². The van der Waals surface area contributed by atoms with Crippen LogP contribution in [0.1, 0.15) is 29.3 Å². The first-order valence-electron chi connectivity index (χ1n) is 9.65. The molecule has 1 aliphatic rings. The first kappa shape index (κ1) is 19.9. The second-order valence-electron chi connectivity index (χ2n) is 6.58. The molecule has 0 spiro atoms. The Labute approximate surface area is 165 Å². The Morgan fingerprint density at radius 3 is 2.50 bits per heavy atom. The summed E-state index contributed by atoms with van der Waals surface area (Å²) in [7, 11) is 0. The van der Waals surface area contributed by atoms with Crippen molar-refractivity contribution in [3.8, 4) is 0 Å². The molecule has 1 aliphatic heterocycles. The lowest BCUT2D eigenvalue weighted by Gasteiger charge is -2.28. The highest BCUT2D eigenvalue weighted by Crippen LogP contribution is 2.19. The smallest absolute Gasteiger partial charge is 0.340 e. The van der Waals surface area contributed by atoms with Crippen LogP contribution in [0.5, 0.6) is 0 Å². The summed E-state index contributed by atoms with van der Waals surface area (Å²) in [6, 6.07) is 15.2. The molecule has 1 heterocycles. The highest BCUT2D eigenvalue weighted by Gasteiger charge is 2.14. The van der Waals surface area contributed by atoms with Gasteiger partial charge in [-0.25, -0.2) is 4.79 Å². The van der Waals surface area contributed by atoms with E-state index in [1.807, 2.05) is 0 Å². The van der Waals surface area contributed by atoms with E-state index in [-0.39, 0.29) is 5.91 Å². The minimum atomic E-state index is -0.433. The van der Waals surface area contributed by atoms with E-state index in [2.05, 4.69) is 34.5 Å². The average molecular weight is 382 g/mol. The maximum atomic E-state index is 12.3. The molecular formula is C22H26N2O4. The topological polar surface area (TPSA) is 67.9 Å². The van der Waals surface area contributed by atoms with Crippen LogP contribution in [0, 0.1) is 0 Å². The number of hydrogen-bond donors (Lipinski definition) is 1. The normalized spacial score (nSPS) is 13.8. The molecule has 148 valence electrons. The van der Waals surface area contributed by atoms with Gasteiger partial charge in [-0.15, -0.1) is 0 Å². The fourth-order valence-corrected chi connectivity index (χ4v) is 3.14. The zero-order chi connectivity index (χ0) is 19.8. The molecule has 6 nitrogen and oxygen atoms in total. The third kappa shape index (κ3) is 5.33. The summed E-state index contributed by atoms with van der Waals surface area (Å²) >= 11 is 0. The number of esters is 1. The predicted molar refractivity (Wildman–Crippen MR) is 109 cm³/mol. The van der Waals surface area contributed by atoms with Gasteiger partial charge in [-0.3, -0.25) is 4.79 Å². The molecule has 1 amide bonds. The Hall–Kier alpha value is -2.86. The van der Waals surface area contributed by atoms with E-state index in [1.54, 1.807) is 31.2 Å². The molecule has 1 fully saturated rings. The third-order valence-corrected chi connectivity index (χ3v) is 4.65. The van der Waals surface area contributed by atoms with E-state index in [4.69, 9.17) is 9.47 Å². The number of aryl methyl sites for hydroxylation is 1. The SMILES string of the molecule is CCOC(=O)c1ccccc1NC(=O)CCc1ccc(N2CCOCC2)cc1. The monoisotopic (exact) mass is 382 g/mol. The average Bonchev–Trinajstić information content (AvgIpc) is 2.74. The Balaban J connectivity index is 1.54. The summed E-state index contributed by atoms with van der Waals surface area (Å²) in [6.45, 7) is 5.37. The molecule has 2 aromatic carbocycles. The number of carbonyl (C=O) groups excluding carboxylic acids is 2. The molecule has 0 radical (unpaired) electrons. The maximum Gasteiger partial charge on any atom is 0.340 e. The third-order valence-electron chi connectivity index (χ3n) is 4.65. The van der Waals surface area contributed by atoms with Crippen molar-refractivity contribution in [2.45, 2.75) is 19.8 Å². The predicted octanol–water partition coefficient (Wildman–Crippen LogP) is 3.27. The van der Waals surface area contributed by atoms with Gasteiger partial charge in [0.25, 0.3) is 0 Å². The highest BCUT2D eigenvalue weighted by atomic mass is 16.5. The minimum absolute atomic E-state index is 0.131. The van der Waals surface area contributed by atoms with Crippen molar-refractivity contribution < 1.29 is 19.1 Å². The fraction of sp³-hybridized carbons (Fsp3) is 0.364. The molecule has 3 rings (SSSR count). The standard InChI is InChI=1S/C22H26N2O4/c1-2-28-22(26)19-5-3-4-6-20(19)23-21(25)12-9-17-7-10-18(11-8-17)24-13-15-27-16-14-24/h3-8,10-11H,2,9,12-16H2,1H3,(H,23,25). The number of para-hydroxylation sites is 1. The van der Waals surface area contributed by atoms with Gasteiger partial charge in [0.15, 0.2) is 0 Å². The van der Waals surface area contributed by atoms with Crippen LogP contribution >= 0.6 is 0 Å². The number of rotatable bonds is 7. The van der Waals surface area contributed by atoms with Crippen molar-refractivity contribution in [2.75, 3.05) is 43.1 Å². The molecule has 6 heteroatoms. The summed E-state index contributed by atoms with van der Waals surface area (Å²) in [4.78, 5) is 26.6. The molecule has 0 saturated carbocycles. The Bertz CT molecular complexity index is 798. The lowest BCUT2D eigenvalue weighted by atomic mass is 10.1. The van der Waals surface area contributed by atoms with Gasteiger partial charge < -0.3 is 19.7 Å². The summed E-state index contributed by atoms with van der Waals surface area (Å²) < 4.78 is 10.4. The van der Waals surface area contributed by atoms with Gasteiger partial charge in [0, 0.05) is 25.2 Å². The number of morpholine rings is 1. The number of nitrogens with zero attached hydrogens (tertiary/aromatic N) is 1. The van der Waals surface area contributed by atoms with Gasteiger partial charge in [-0.05, 0) is 43.2 Å². The molecule has 28 heavy (non-hydrogen) atoms. The van der Waals surface area contributed by atoms with Crippen LogP contribution in [-0.2, 0) is 20.7 Å². The summed E-state index contributed by atoms with van der Waals surface area (Å²) in [5, 5.41) is 2.82. The second kappa shape index (κ2) is 9.90. The first-order valence-corrected chi connectivity index (χ1v) is 9.65. The van der Waals surface area contributed by atoms with Gasteiger partial charge in [0.2, 0.25) is 5.91 Å². The van der Waals surface area contributed by atoms with E-state index in [0.29, 0.717) is 30.7 Å². The van der Waals surface area contributed by atoms with Gasteiger partial charge in [-0.2, -0.15) is 0 Å². The zero-order valence-corrected chi connectivity index (χ0v) is 16.1. The van der Waals surface area contributed by atoms with E-state index in [9.17, 15) is 9.59 Å². The summed E-state index contributed by atoms with van der Waals surface area (Å²) in [5.74, 6) is -0.564. The summed E-state index contributed by atoms with van der Waals surface area (Å²) in [5.41, 5.74) is 3.13. The Morgan fingerprint density at radius 1 is 1.07 bits per heavy atom. The van der Waals surface area contributed by atoms with Crippen LogP contribution in [-0.4, -0.2) is 44.8 Å². The number of amides is 1. The van der Waals surface area contributed by atoms with Gasteiger partial charge in [0.1, 0.15) is 0 Å². The molecule has 0 atom stereocenters. The second-order valence-corrected chi connectivity index (χ2v) is 6.58. The number of anilines is 2. The van der Waals surface area contributed by atoms with Crippen LogP contribution in [0.3, 0.4) is 0 Å². The van der Waals surface area contributed by atoms with Crippen LogP contribution in [0.2, 0.25) is 0 Å². The Kier molecular flexibility index (Phi) is 7.03. The molecule has 0 unspecified atom stereocenters. The maximum absolute atomic E-state index is 12.3. The molecule has 0 aliphatic carbocycles. The fourth-order valence-electron chi connectivity index (χ4n) is 3.14. The van der Waals surface area contributed by atoms with Crippen molar-refractivity contribution in [1.82, 2.24) is 0 Å². The highest BCUT2D eigenvalue weighted by molar-refractivity contribution is 6.01. The first-order chi connectivity index (χ1) is 13.7. The number of benzene rings is 2. The lowest BCUT2D eigenvalue weighted by molar-refractivity contribution is -0.116. The number of nitrogens with one attached hydrogen (secondary N) is 1. The van der Waals surface area contributed by atoms with Crippen LogP contribution in [0.4, 0.5) is 11.4 Å². The van der Waals surface area contributed by atoms with Crippen molar-refractivity contribution in [3.05, 3.63) is 59.7 Å². The van der Waals surface area contributed by atoms with Gasteiger partial charge in [0.05, 0.1) is 31.1 Å². The van der Waals surface area contributed by atoms with E-state index >= 15 is 0 Å². The number of hydrogen-bond acceptors (Lipinski definition) is 5. The van der Waals surface area contributed by atoms with Crippen molar-refractivity contribution in [2.24, 2.45) is 0 Å². The van der Waals surface area contributed by atoms with Crippen molar-refractivity contribution in [1.29, 1.82) is 0 Å². The van der Waals surface area contributed by atoms with Crippen LogP contribution in [0.25, 0.3) is 0 Å². The molecule has 1 N–H and O–H groups in total. The van der Waals surface area contributed by atoms with Gasteiger partial charge in [-0.1, -0.05) is 24.3 Å². The van der Waals surface area contributed by atoms with Crippen LogP contribution in [0.15, 0.2) is 48.5 Å². The molecular weight excluding hydrogens is 356 g/mol. The largest absolute Gasteiger partial charge is 0.462 e. The number of ether oxygens (including phenoxy) is 2. The molecule has 0 bridgehead atoms. The van der Waals surface area contributed by atoms with Gasteiger partial charge >= 0.3 is 5.97 Å². The van der Waals surface area contributed by atoms with E-state index < -0.39 is 5.97 Å². The minimum Gasteiger partial charge on any atom is -0.462 e. The van der Waals surface area contributed by atoms with E-state index in [1.165, 1.54) is 5.69 Å². The lowest BCUT2D eigenvalue weighted by Crippen LogP contribution is -2.36. The quantitative estimate of drug-likeness (QED) is 0.745. The molecule has 2 aromatic rings. The summed E-state index contributed by atoms with van der Waals surface area (Å²) in [6.07, 6.45) is 0.977. The van der Waals surface area contributed by atoms with E-state index in [0.717, 1.165) is 31.9 Å². The molecule has 1 saturated heterocycles. The Morgan fingerprint density at radius 2 is 1.79 bits per heavy atom. The zero-order valence-electron chi connectivity index (χ0n) is 16.1. The van der Waals surface area contributed by atoms with Crippen molar-refractivity contribution in [3.63, 3.8) is 0 Å². The molecule has 0 aromatic heterocycles.